The van der Waals surface area contributed by atoms with Gasteiger partial charge in [-0.2, -0.15) is 0 Å². The van der Waals surface area contributed by atoms with Crippen molar-refractivity contribution in [1.82, 2.24) is 5.32 Å². The molecule has 23 heavy (non-hydrogen) atoms. The molecule has 0 atom stereocenters. The minimum atomic E-state index is -0.0887. The van der Waals surface area contributed by atoms with Crippen molar-refractivity contribution in [1.29, 1.82) is 0 Å². The molecule has 0 aliphatic heterocycles. The number of carbonyl (C=O) groups excluding carboxylic acids is 1. The van der Waals surface area contributed by atoms with Crippen LogP contribution in [0.1, 0.15) is 29.8 Å². The first kappa shape index (κ1) is 17.0. The summed E-state index contributed by atoms with van der Waals surface area (Å²) in [6, 6.07) is 15.1. The maximum absolute atomic E-state index is 12.5. The van der Waals surface area contributed by atoms with E-state index in [-0.39, 0.29) is 12.0 Å². The Morgan fingerprint density at radius 3 is 2.43 bits per heavy atom. The number of nitrogens with one attached hydrogen (secondary N) is 2. The van der Waals surface area contributed by atoms with Gasteiger partial charge in [-0.15, -0.1) is 0 Å². The zero-order chi connectivity index (χ0) is 16.7. The van der Waals surface area contributed by atoms with Gasteiger partial charge in [0.25, 0.3) is 5.91 Å². The highest BCUT2D eigenvalue weighted by molar-refractivity contribution is 6.05. The van der Waals surface area contributed by atoms with Crippen molar-refractivity contribution < 1.29 is 9.53 Å². The van der Waals surface area contributed by atoms with Gasteiger partial charge < -0.3 is 15.4 Å². The van der Waals surface area contributed by atoms with Crippen molar-refractivity contribution >= 4 is 11.6 Å². The molecule has 0 unspecified atom stereocenters. The molecule has 0 aromatic heterocycles. The fourth-order valence-electron chi connectivity index (χ4n) is 2.31. The number of carbonyl (C=O) groups is 1. The van der Waals surface area contributed by atoms with E-state index in [0.717, 1.165) is 30.0 Å². The number of hydrogen-bond donors (Lipinski definition) is 2. The van der Waals surface area contributed by atoms with Crippen LogP contribution >= 0.6 is 0 Å². The minimum absolute atomic E-state index is 0.0887. The van der Waals surface area contributed by atoms with Crippen molar-refractivity contribution in [2.24, 2.45) is 0 Å². The van der Waals surface area contributed by atoms with E-state index < -0.39 is 0 Å². The van der Waals surface area contributed by atoms with Gasteiger partial charge in [-0.1, -0.05) is 18.2 Å². The van der Waals surface area contributed by atoms with E-state index in [1.807, 2.05) is 69.4 Å². The van der Waals surface area contributed by atoms with Crippen LogP contribution in [-0.4, -0.2) is 25.6 Å². The van der Waals surface area contributed by atoms with Crippen molar-refractivity contribution in [2.75, 3.05) is 18.9 Å². The summed E-state index contributed by atoms with van der Waals surface area (Å²) in [5.74, 6) is 0.710. The fraction of sp³-hybridized carbons (Fsp3) is 0.316. The van der Waals surface area contributed by atoms with E-state index in [1.165, 1.54) is 0 Å². The van der Waals surface area contributed by atoms with Crippen LogP contribution in [0.2, 0.25) is 0 Å². The highest BCUT2D eigenvalue weighted by Crippen LogP contribution is 2.18. The van der Waals surface area contributed by atoms with Gasteiger partial charge in [0.2, 0.25) is 0 Å². The molecule has 0 spiro atoms. The first-order valence-corrected chi connectivity index (χ1v) is 7.90. The molecule has 0 aliphatic carbocycles. The van der Waals surface area contributed by atoms with Crippen LogP contribution in [0.25, 0.3) is 0 Å². The number of anilines is 1. The third kappa shape index (κ3) is 5.11. The van der Waals surface area contributed by atoms with Crippen LogP contribution in [0.15, 0.2) is 48.5 Å². The molecule has 0 bridgehead atoms. The molecule has 4 nitrogen and oxygen atoms in total. The maximum atomic E-state index is 12.5. The van der Waals surface area contributed by atoms with Crippen LogP contribution in [0, 0.1) is 0 Å². The summed E-state index contributed by atoms with van der Waals surface area (Å²) < 4.78 is 5.60. The smallest absolute Gasteiger partial charge is 0.255 e. The van der Waals surface area contributed by atoms with Crippen molar-refractivity contribution in [2.45, 2.75) is 26.4 Å². The van der Waals surface area contributed by atoms with Crippen LogP contribution in [0.3, 0.4) is 0 Å². The third-order valence-corrected chi connectivity index (χ3v) is 3.39. The van der Waals surface area contributed by atoms with Crippen LogP contribution in [0.5, 0.6) is 5.75 Å². The van der Waals surface area contributed by atoms with E-state index in [0.29, 0.717) is 5.56 Å². The molecule has 0 heterocycles. The van der Waals surface area contributed by atoms with Crippen LogP contribution in [0.4, 0.5) is 5.69 Å². The number of benzene rings is 2. The molecule has 0 radical (unpaired) electrons. The average molecular weight is 312 g/mol. The molecule has 2 aromatic rings. The molecule has 0 saturated heterocycles. The van der Waals surface area contributed by atoms with E-state index in [4.69, 9.17) is 4.74 Å². The summed E-state index contributed by atoms with van der Waals surface area (Å²) in [4.78, 5) is 12.5. The van der Waals surface area contributed by atoms with Gasteiger partial charge in [0, 0.05) is 11.3 Å². The Kier molecular flexibility index (Phi) is 6.18. The Morgan fingerprint density at radius 1 is 1.09 bits per heavy atom. The van der Waals surface area contributed by atoms with Crippen molar-refractivity contribution in [3.05, 3.63) is 59.7 Å². The zero-order valence-corrected chi connectivity index (χ0v) is 13.9. The summed E-state index contributed by atoms with van der Waals surface area (Å²) in [5, 5.41) is 6.05. The number of hydrogen-bond acceptors (Lipinski definition) is 3. The molecular weight excluding hydrogens is 288 g/mol. The number of ether oxygens (including phenoxy) is 1. The molecule has 0 aliphatic rings. The summed E-state index contributed by atoms with van der Waals surface area (Å²) in [6.45, 7) is 4.81. The molecular formula is C19H24N2O2. The lowest BCUT2D eigenvalue weighted by Crippen LogP contribution is -2.17. The fourth-order valence-corrected chi connectivity index (χ4v) is 2.31. The summed E-state index contributed by atoms with van der Waals surface area (Å²) in [6.07, 6.45) is 0.954. The van der Waals surface area contributed by atoms with E-state index in [2.05, 4.69) is 10.6 Å². The molecule has 1 amide bonds. The second-order valence-electron chi connectivity index (χ2n) is 5.66. The lowest BCUT2D eigenvalue weighted by molar-refractivity contribution is 0.102. The molecule has 2 rings (SSSR count). The number of amides is 1. The lowest BCUT2D eigenvalue weighted by Gasteiger charge is -2.12. The molecule has 2 N–H and O–H groups in total. The van der Waals surface area contributed by atoms with E-state index >= 15 is 0 Å². The minimum Gasteiger partial charge on any atom is -0.491 e. The molecule has 0 saturated carbocycles. The molecule has 0 fully saturated rings. The lowest BCUT2D eigenvalue weighted by atomic mass is 10.0. The zero-order valence-electron chi connectivity index (χ0n) is 13.9. The number of rotatable bonds is 7. The predicted octanol–water partition coefficient (Wildman–Crippen LogP) is 3.49. The Bertz CT molecular complexity index is 636. The second-order valence-corrected chi connectivity index (χ2v) is 5.66. The van der Waals surface area contributed by atoms with Crippen LogP contribution in [-0.2, 0) is 6.42 Å². The average Bonchev–Trinajstić information content (AvgIpc) is 2.54. The summed E-state index contributed by atoms with van der Waals surface area (Å²) >= 11 is 0. The Morgan fingerprint density at radius 2 is 1.78 bits per heavy atom. The largest absolute Gasteiger partial charge is 0.491 e. The van der Waals surface area contributed by atoms with Crippen LogP contribution < -0.4 is 15.4 Å². The van der Waals surface area contributed by atoms with Crippen molar-refractivity contribution in [3.8, 4) is 5.75 Å². The first-order chi connectivity index (χ1) is 11.1. The van der Waals surface area contributed by atoms with Gasteiger partial charge >= 0.3 is 0 Å². The van der Waals surface area contributed by atoms with Gasteiger partial charge in [0.1, 0.15) is 5.75 Å². The quantitative estimate of drug-likeness (QED) is 0.823. The topological polar surface area (TPSA) is 50.4 Å². The number of likely N-dealkylation sites (N-methyl/N-ethyl adjacent to an activating group) is 1. The van der Waals surface area contributed by atoms with Gasteiger partial charge in [-0.25, -0.2) is 0 Å². The highest BCUT2D eigenvalue weighted by Gasteiger charge is 2.11. The Hall–Kier alpha value is -2.33. The molecule has 2 aromatic carbocycles. The SMILES string of the molecule is CNCCc1ccccc1C(=O)Nc1ccc(OC(C)C)cc1. The molecule has 4 heteroatoms. The standard InChI is InChI=1S/C19H24N2O2/c1-14(2)23-17-10-8-16(9-11-17)21-19(22)18-7-5-4-6-15(18)12-13-20-3/h4-11,14,20H,12-13H2,1-3H3,(H,21,22). The van der Waals surface area contributed by atoms with Gasteiger partial charge in [-0.3, -0.25) is 4.79 Å². The van der Waals surface area contributed by atoms with Crippen molar-refractivity contribution in [3.63, 3.8) is 0 Å². The van der Waals surface area contributed by atoms with Gasteiger partial charge in [0.05, 0.1) is 6.10 Å². The van der Waals surface area contributed by atoms with E-state index in [1.54, 1.807) is 0 Å². The predicted molar refractivity (Wildman–Crippen MR) is 94.2 cm³/mol. The van der Waals surface area contributed by atoms with Gasteiger partial charge in [-0.05, 0) is 69.8 Å². The highest BCUT2D eigenvalue weighted by atomic mass is 16.5. The summed E-state index contributed by atoms with van der Waals surface area (Å²) in [7, 11) is 1.91. The third-order valence-electron chi connectivity index (χ3n) is 3.39. The Balaban J connectivity index is 2.07. The Labute approximate surface area is 137 Å². The van der Waals surface area contributed by atoms with E-state index in [9.17, 15) is 4.79 Å². The summed E-state index contributed by atoms with van der Waals surface area (Å²) in [5.41, 5.74) is 2.51. The maximum Gasteiger partial charge on any atom is 0.255 e. The first-order valence-electron chi connectivity index (χ1n) is 7.90. The monoisotopic (exact) mass is 312 g/mol. The molecule has 122 valence electrons. The normalized spacial score (nSPS) is 10.6. The van der Waals surface area contributed by atoms with Gasteiger partial charge in [0.15, 0.2) is 0 Å². The second kappa shape index (κ2) is 8.34.